The Morgan fingerprint density at radius 1 is 1.64 bits per heavy atom. The van der Waals surface area contributed by atoms with E-state index >= 15 is 0 Å². The van der Waals surface area contributed by atoms with Crippen LogP contribution in [0.15, 0.2) is 12.3 Å². The highest BCUT2D eigenvalue weighted by Crippen LogP contribution is 2.19. The Morgan fingerprint density at radius 2 is 2.36 bits per heavy atom. The zero-order valence-corrected chi connectivity index (χ0v) is 9.39. The lowest BCUT2D eigenvalue weighted by molar-refractivity contribution is 0.0690. The van der Waals surface area contributed by atoms with Gasteiger partial charge in [0.05, 0.1) is 11.7 Å². The van der Waals surface area contributed by atoms with Crippen LogP contribution in [0.5, 0.6) is 0 Å². The first-order chi connectivity index (χ1) is 6.59. The molecule has 2 heterocycles. The number of halogens is 1. The third kappa shape index (κ3) is 1.35. The molecule has 0 fully saturated rings. The number of carboxylic acids is 1. The second-order valence-corrected chi connectivity index (χ2v) is 3.83. The van der Waals surface area contributed by atoms with Gasteiger partial charge < -0.3 is 5.11 Å². The standard InChI is InChI=1S/C8H6IN3O2/c1-12-6-3-10-5(8(13)14)2-4(6)7(9)11-12/h2-3H,1H3,(H,13,14). The molecule has 0 aliphatic heterocycles. The van der Waals surface area contributed by atoms with E-state index in [0.717, 1.165) is 14.6 Å². The molecule has 0 unspecified atom stereocenters. The number of carbonyl (C=O) groups is 1. The van der Waals surface area contributed by atoms with Crippen molar-refractivity contribution in [3.8, 4) is 0 Å². The molecule has 14 heavy (non-hydrogen) atoms. The largest absolute Gasteiger partial charge is 0.477 e. The third-order valence-electron chi connectivity index (χ3n) is 1.91. The van der Waals surface area contributed by atoms with E-state index in [0.29, 0.717) is 0 Å². The third-order valence-corrected chi connectivity index (χ3v) is 2.71. The Balaban J connectivity index is 2.77. The lowest BCUT2D eigenvalue weighted by Crippen LogP contribution is -1.99. The molecule has 0 atom stereocenters. The van der Waals surface area contributed by atoms with E-state index in [1.54, 1.807) is 11.7 Å². The Kier molecular flexibility index (Phi) is 2.14. The fraction of sp³-hybridized carbons (Fsp3) is 0.125. The number of hydrogen-bond acceptors (Lipinski definition) is 3. The minimum Gasteiger partial charge on any atom is -0.477 e. The van der Waals surface area contributed by atoms with Crippen molar-refractivity contribution in [2.75, 3.05) is 0 Å². The van der Waals surface area contributed by atoms with Gasteiger partial charge in [-0.2, -0.15) is 5.10 Å². The highest BCUT2D eigenvalue weighted by atomic mass is 127. The van der Waals surface area contributed by atoms with Crippen LogP contribution in [-0.4, -0.2) is 25.8 Å². The smallest absolute Gasteiger partial charge is 0.354 e. The molecule has 0 bridgehead atoms. The van der Waals surface area contributed by atoms with Gasteiger partial charge in [-0.1, -0.05) is 0 Å². The highest BCUT2D eigenvalue weighted by Gasteiger charge is 2.10. The van der Waals surface area contributed by atoms with Crippen molar-refractivity contribution in [2.24, 2.45) is 7.05 Å². The second kappa shape index (κ2) is 3.19. The van der Waals surface area contributed by atoms with Gasteiger partial charge in [0.15, 0.2) is 0 Å². The van der Waals surface area contributed by atoms with Crippen molar-refractivity contribution < 1.29 is 9.90 Å². The van der Waals surface area contributed by atoms with E-state index in [4.69, 9.17) is 5.11 Å². The summed E-state index contributed by atoms with van der Waals surface area (Å²) in [5.41, 5.74) is 0.878. The Morgan fingerprint density at radius 3 is 3.00 bits per heavy atom. The van der Waals surface area contributed by atoms with Crippen LogP contribution < -0.4 is 0 Å². The Bertz CT molecular complexity index is 521. The number of hydrogen-bond donors (Lipinski definition) is 1. The van der Waals surface area contributed by atoms with Crippen LogP contribution >= 0.6 is 22.6 Å². The van der Waals surface area contributed by atoms with Crippen LogP contribution in [0.4, 0.5) is 0 Å². The first kappa shape index (κ1) is 9.38. The van der Waals surface area contributed by atoms with Crippen molar-refractivity contribution in [1.82, 2.24) is 14.8 Å². The van der Waals surface area contributed by atoms with Gasteiger partial charge in [-0.25, -0.2) is 9.78 Å². The maximum atomic E-state index is 10.7. The van der Waals surface area contributed by atoms with E-state index in [2.05, 4.69) is 32.7 Å². The topological polar surface area (TPSA) is 68.0 Å². The van der Waals surface area contributed by atoms with E-state index in [9.17, 15) is 4.79 Å². The number of fused-ring (bicyclic) bond motifs is 1. The molecule has 2 aromatic rings. The molecular weight excluding hydrogens is 297 g/mol. The summed E-state index contributed by atoms with van der Waals surface area (Å²) in [7, 11) is 1.80. The average Bonchev–Trinajstić information content (AvgIpc) is 2.42. The highest BCUT2D eigenvalue weighted by molar-refractivity contribution is 14.1. The molecule has 0 aliphatic carbocycles. The van der Waals surface area contributed by atoms with Crippen molar-refractivity contribution >= 4 is 39.5 Å². The van der Waals surface area contributed by atoms with Gasteiger partial charge in [0.2, 0.25) is 0 Å². The predicted molar refractivity (Wildman–Crippen MR) is 58.2 cm³/mol. The van der Waals surface area contributed by atoms with Crippen molar-refractivity contribution in [3.05, 3.63) is 21.7 Å². The quantitative estimate of drug-likeness (QED) is 0.806. The number of aromatic nitrogens is 3. The molecule has 0 radical (unpaired) electrons. The summed E-state index contributed by atoms with van der Waals surface area (Å²) in [6.45, 7) is 0. The van der Waals surface area contributed by atoms with E-state index in [1.165, 1.54) is 12.3 Å². The number of rotatable bonds is 1. The Hall–Kier alpha value is -1.18. The van der Waals surface area contributed by atoms with Crippen LogP contribution in [0.1, 0.15) is 10.5 Å². The molecule has 0 saturated carbocycles. The van der Waals surface area contributed by atoms with Crippen LogP contribution in [0.25, 0.3) is 10.9 Å². The second-order valence-electron chi connectivity index (χ2n) is 2.81. The van der Waals surface area contributed by atoms with Gasteiger partial charge >= 0.3 is 5.97 Å². The number of carboxylic acid groups (broad SMARTS) is 1. The van der Waals surface area contributed by atoms with E-state index < -0.39 is 5.97 Å². The maximum Gasteiger partial charge on any atom is 0.354 e. The molecule has 72 valence electrons. The van der Waals surface area contributed by atoms with Crippen LogP contribution in [0.2, 0.25) is 0 Å². The zero-order chi connectivity index (χ0) is 10.3. The summed E-state index contributed by atoms with van der Waals surface area (Å²) >= 11 is 2.07. The number of aryl methyl sites for hydroxylation is 1. The monoisotopic (exact) mass is 303 g/mol. The zero-order valence-electron chi connectivity index (χ0n) is 7.23. The molecular formula is C8H6IN3O2. The first-order valence-electron chi connectivity index (χ1n) is 3.81. The van der Waals surface area contributed by atoms with Crippen LogP contribution in [-0.2, 0) is 7.05 Å². The minimum atomic E-state index is -1.02. The Labute approximate surface area is 92.9 Å². The van der Waals surface area contributed by atoms with Gasteiger partial charge in [-0.15, -0.1) is 0 Å². The molecule has 2 aromatic heterocycles. The molecule has 2 rings (SSSR count). The summed E-state index contributed by atoms with van der Waals surface area (Å²) in [6.07, 6.45) is 1.52. The summed E-state index contributed by atoms with van der Waals surface area (Å²) < 4.78 is 2.46. The maximum absolute atomic E-state index is 10.7. The number of aromatic carboxylic acids is 1. The molecule has 0 aliphatic rings. The van der Waals surface area contributed by atoms with Crippen molar-refractivity contribution in [3.63, 3.8) is 0 Å². The predicted octanol–water partition coefficient (Wildman–Crippen LogP) is 1.27. The van der Waals surface area contributed by atoms with Crippen molar-refractivity contribution in [2.45, 2.75) is 0 Å². The van der Waals surface area contributed by atoms with E-state index in [-0.39, 0.29) is 5.69 Å². The summed E-state index contributed by atoms with van der Waals surface area (Å²) in [5.74, 6) is -1.02. The molecule has 1 N–H and O–H groups in total. The minimum absolute atomic E-state index is 0.0448. The fourth-order valence-corrected chi connectivity index (χ4v) is 1.98. The number of nitrogens with zero attached hydrogens (tertiary/aromatic N) is 3. The molecule has 0 aromatic carbocycles. The van der Waals surface area contributed by atoms with Gasteiger partial charge in [0.1, 0.15) is 9.39 Å². The van der Waals surface area contributed by atoms with Gasteiger partial charge in [0, 0.05) is 12.4 Å². The molecule has 6 heteroatoms. The van der Waals surface area contributed by atoms with Gasteiger partial charge in [-0.05, 0) is 28.7 Å². The molecule has 5 nitrogen and oxygen atoms in total. The summed E-state index contributed by atoms with van der Waals surface area (Å²) in [4.78, 5) is 14.5. The van der Waals surface area contributed by atoms with Crippen LogP contribution in [0.3, 0.4) is 0 Å². The average molecular weight is 303 g/mol. The molecule has 0 spiro atoms. The molecule has 0 saturated heterocycles. The fourth-order valence-electron chi connectivity index (χ4n) is 1.23. The van der Waals surface area contributed by atoms with E-state index in [1.807, 2.05) is 0 Å². The van der Waals surface area contributed by atoms with Gasteiger partial charge in [-0.3, -0.25) is 4.68 Å². The summed E-state index contributed by atoms with van der Waals surface area (Å²) in [5, 5.41) is 13.7. The first-order valence-corrected chi connectivity index (χ1v) is 4.89. The summed E-state index contributed by atoms with van der Waals surface area (Å²) in [6, 6.07) is 1.53. The normalized spacial score (nSPS) is 10.7. The SMILES string of the molecule is Cn1nc(I)c2cc(C(=O)O)ncc21. The molecule has 0 amide bonds. The van der Waals surface area contributed by atoms with Gasteiger partial charge in [0.25, 0.3) is 0 Å². The van der Waals surface area contributed by atoms with Crippen LogP contribution in [0, 0.1) is 3.70 Å². The van der Waals surface area contributed by atoms with Crippen molar-refractivity contribution in [1.29, 1.82) is 0 Å². The lowest BCUT2D eigenvalue weighted by Gasteiger charge is -1.94. The lowest BCUT2D eigenvalue weighted by atomic mass is 10.3. The number of pyridine rings is 1.